The van der Waals surface area contributed by atoms with Crippen molar-refractivity contribution < 1.29 is 19.2 Å². The molecule has 0 radical (unpaired) electrons. The molecule has 0 spiro atoms. The monoisotopic (exact) mass is 439 g/mol. The maximum atomic E-state index is 13.0. The quantitative estimate of drug-likeness (QED) is 0.689. The van der Waals surface area contributed by atoms with Crippen molar-refractivity contribution in [2.75, 3.05) is 26.2 Å². The summed E-state index contributed by atoms with van der Waals surface area (Å²) in [6.07, 6.45) is 0. The Kier molecular flexibility index (Phi) is 5.54. The predicted octanol–water partition coefficient (Wildman–Crippen LogP) is 2.94. The van der Waals surface area contributed by atoms with Crippen LogP contribution in [0, 0.1) is 0 Å². The van der Waals surface area contributed by atoms with Gasteiger partial charge in [-0.15, -0.1) is 0 Å². The van der Waals surface area contributed by atoms with Gasteiger partial charge in [0, 0.05) is 37.8 Å². The van der Waals surface area contributed by atoms with Crippen LogP contribution in [0.3, 0.4) is 0 Å². The van der Waals surface area contributed by atoms with E-state index in [-0.39, 0.29) is 35.2 Å². The van der Waals surface area contributed by atoms with E-state index >= 15 is 0 Å². The summed E-state index contributed by atoms with van der Waals surface area (Å²) in [5, 5.41) is 0.402. The van der Waals surface area contributed by atoms with Crippen LogP contribution in [0.4, 0.5) is 0 Å². The molecule has 4 amide bonds. The zero-order chi connectivity index (χ0) is 22.3. The van der Waals surface area contributed by atoms with E-state index in [0.717, 1.165) is 0 Å². The first-order valence-electron chi connectivity index (χ1n) is 10.1. The summed E-state index contributed by atoms with van der Waals surface area (Å²) >= 11 is 6.13. The number of amides is 4. The number of rotatable bonds is 3. The number of halogens is 1. The fourth-order valence-corrected chi connectivity index (χ4v) is 4.18. The van der Waals surface area contributed by atoms with Gasteiger partial charge in [0.2, 0.25) is 0 Å². The Hall–Kier alpha value is -3.19. The molecule has 4 rings (SSSR count). The number of benzene rings is 2. The summed E-state index contributed by atoms with van der Waals surface area (Å²) in [6, 6.07) is 11.3. The largest absolute Gasteiger partial charge is 0.335 e. The summed E-state index contributed by atoms with van der Waals surface area (Å²) in [5.74, 6) is -1.09. The molecule has 2 aromatic rings. The highest BCUT2D eigenvalue weighted by molar-refractivity contribution is 6.33. The summed E-state index contributed by atoms with van der Waals surface area (Å²) in [6.45, 7) is 5.07. The van der Waals surface area contributed by atoms with Crippen molar-refractivity contribution >= 4 is 35.2 Å². The van der Waals surface area contributed by atoms with Gasteiger partial charge < -0.3 is 9.80 Å². The molecule has 2 aliphatic heterocycles. The summed E-state index contributed by atoms with van der Waals surface area (Å²) < 4.78 is 0. The van der Waals surface area contributed by atoms with Gasteiger partial charge in [-0.3, -0.25) is 24.1 Å². The van der Waals surface area contributed by atoms with E-state index in [9.17, 15) is 19.2 Å². The number of fused-ring (bicyclic) bond motifs is 1. The Morgan fingerprint density at radius 2 is 1.42 bits per heavy atom. The Bertz CT molecular complexity index is 1090. The van der Waals surface area contributed by atoms with Gasteiger partial charge in [0.25, 0.3) is 23.6 Å². The molecular formula is C23H22ClN3O4. The highest BCUT2D eigenvalue weighted by atomic mass is 35.5. The molecule has 2 aromatic carbocycles. The fourth-order valence-electron chi connectivity index (χ4n) is 3.96. The minimum Gasteiger partial charge on any atom is -0.335 e. The van der Waals surface area contributed by atoms with Crippen molar-refractivity contribution in [3.05, 3.63) is 69.7 Å². The lowest BCUT2D eigenvalue weighted by Crippen LogP contribution is -2.50. The summed E-state index contributed by atoms with van der Waals surface area (Å²) in [7, 11) is 0. The average molecular weight is 440 g/mol. The minimum atomic E-state index is -0.375. The van der Waals surface area contributed by atoms with E-state index in [1.165, 1.54) is 11.0 Å². The van der Waals surface area contributed by atoms with Gasteiger partial charge in [0.1, 0.15) is 0 Å². The Balaban J connectivity index is 1.46. The topological polar surface area (TPSA) is 78.0 Å². The third-order valence-corrected chi connectivity index (χ3v) is 5.97. The molecule has 0 atom stereocenters. The van der Waals surface area contributed by atoms with Crippen LogP contribution >= 0.6 is 11.6 Å². The van der Waals surface area contributed by atoms with Crippen molar-refractivity contribution in [3.8, 4) is 0 Å². The number of carbonyl (C=O) groups excluding carboxylic acids is 4. The van der Waals surface area contributed by atoms with Gasteiger partial charge in [0.15, 0.2) is 0 Å². The van der Waals surface area contributed by atoms with Gasteiger partial charge in [-0.25, -0.2) is 0 Å². The molecule has 1 fully saturated rings. The number of carbonyl (C=O) groups is 4. The van der Waals surface area contributed by atoms with Gasteiger partial charge in [0.05, 0.1) is 21.7 Å². The van der Waals surface area contributed by atoms with Crippen molar-refractivity contribution in [3.63, 3.8) is 0 Å². The first-order valence-corrected chi connectivity index (χ1v) is 10.5. The molecule has 0 saturated carbocycles. The zero-order valence-electron chi connectivity index (χ0n) is 17.3. The third kappa shape index (κ3) is 3.70. The molecule has 2 heterocycles. The second kappa shape index (κ2) is 8.15. The first-order chi connectivity index (χ1) is 14.8. The van der Waals surface area contributed by atoms with E-state index in [1.807, 2.05) is 0 Å². The average Bonchev–Trinajstić information content (AvgIpc) is 3.03. The molecule has 0 unspecified atom stereocenters. The lowest BCUT2D eigenvalue weighted by molar-refractivity contribution is 0.0535. The van der Waals surface area contributed by atoms with Crippen LogP contribution in [0.2, 0.25) is 5.02 Å². The molecule has 0 N–H and O–H groups in total. The molecule has 0 aliphatic carbocycles. The maximum Gasteiger partial charge on any atom is 0.261 e. The van der Waals surface area contributed by atoms with E-state index in [1.54, 1.807) is 60.0 Å². The van der Waals surface area contributed by atoms with Crippen LogP contribution in [0.25, 0.3) is 0 Å². The molecule has 7 nitrogen and oxygen atoms in total. The van der Waals surface area contributed by atoms with Crippen LogP contribution < -0.4 is 0 Å². The lowest BCUT2D eigenvalue weighted by Gasteiger charge is -2.35. The summed E-state index contributed by atoms with van der Waals surface area (Å²) in [4.78, 5) is 55.3. The fraction of sp³-hybridized carbons (Fsp3) is 0.304. The van der Waals surface area contributed by atoms with Crippen LogP contribution in [0.15, 0.2) is 42.5 Å². The third-order valence-electron chi connectivity index (χ3n) is 5.64. The van der Waals surface area contributed by atoms with Crippen LogP contribution in [-0.2, 0) is 0 Å². The second-order valence-corrected chi connectivity index (χ2v) is 8.31. The molecule has 0 aromatic heterocycles. The molecule has 0 bridgehead atoms. The van der Waals surface area contributed by atoms with Crippen LogP contribution in [0.5, 0.6) is 0 Å². The Labute approximate surface area is 185 Å². The van der Waals surface area contributed by atoms with Crippen LogP contribution in [0.1, 0.15) is 55.3 Å². The van der Waals surface area contributed by atoms with Crippen molar-refractivity contribution in [2.45, 2.75) is 19.9 Å². The predicted molar refractivity (Wildman–Crippen MR) is 115 cm³/mol. The normalized spacial score (nSPS) is 16.2. The standard InChI is InChI=1S/C23H22ClN3O4/c1-14(2)27-22(30)16-8-7-15(13-18(16)23(27)31)20(28)25-9-11-26(12-10-25)21(29)17-5-3-4-6-19(17)24/h3-8,13-14H,9-12H2,1-2H3. The van der Waals surface area contributed by atoms with Crippen molar-refractivity contribution in [2.24, 2.45) is 0 Å². The van der Waals surface area contributed by atoms with Crippen molar-refractivity contribution in [1.82, 2.24) is 14.7 Å². The van der Waals surface area contributed by atoms with Crippen molar-refractivity contribution in [1.29, 1.82) is 0 Å². The molecular weight excluding hydrogens is 418 g/mol. The highest BCUT2D eigenvalue weighted by Gasteiger charge is 2.38. The summed E-state index contributed by atoms with van der Waals surface area (Å²) in [5.41, 5.74) is 1.39. The Morgan fingerprint density at radius 1 is 0.839 bits per heavy atom. The molecule has 2 aliphatic rings. The van der Waals surface area contributed by atoms with Gasteiger partial charge in [-0.1, -0.05) is 23.7 Å². The molecule has 160 valence electrons. The minimum absolute atomic E-state index is 0.159. The number of hydrogen-bond acceptors (Lipinski definition) is 4. The number of imide groups is 1. The molecule has 31 heavy (non-hydrogen) atoms. The molecule has 8 heteroatoms. The number of nitrogens with zero attached hydrogens (tertiary/aromatic N) is 3. The second-order valence-electron chi connectivity index (χ2n) is 7.90. The SMILES string of the molecule is CC(C)N1C(=O)c2ccc(C(=O)N3CCN(C(=O)c4ccccc4Cl)CC3)cc2C1=O. The lowest BCUT2D eigenvalue weighted by atomic mass is 10.0. The number of piperazine rings is 1. The number of hydrogen-bond donors (Lipinski definition) is 0. The van der Waals surface area contributed by atoms with E-state index in [2.05, 4.69) is 0 Å². The first kappa shape index (κ1) is 21.1. The van der Waals surface area contributed by atoms with E-state index in [0.29, 0.717) is 47.9 Å². The maximum absolute atomic E-state index is 13.0. The van der Waals surface area contributed by atoms with Crippen LogP contribution in [-0.4, -0.2) is 70.5 Å². The van der Waals surface area contributed by atoms with Gasteiger partial charge in [-0.05, 0) is 44.2 Å². The van der Waals surface area contributed by atoms with E-state index in [4.69, 9.17) is 11.6 Å². The van der Waals surface area contributed by atoms with E-state index < -0.39 is 0 Å². The Morgan fingerprint density at radius 3 is 2.03 bits per heavy atom. The zero-order valence-corrected chi connectivity index (χ0v) is 18.1. The molecule has 1 saturated heterocycles. The smallest absolute Gasteiger partial charge is 0.261 e. The van der Waals surface area contributed by atoms with Gasteiger partial charge >= 0.3 is 0 Å². The van der Waals surface area contributed by atoms with Gasteiger partial charge in [-0.2, -0.15) is 0 Å². The highest BCUT2D eigenvalue weighted by Crippen LogP contribution is 2.26.